The fraction of sp³-hybridized carbons (Fsp3) is 0.583. The molecule has 2 aliphatic heterocycles. The standard InChI is InChI=1S/C12H14BrClN2O3S2/c1-11(9-7(14)4-8(13)20-9)6-21(17,18)12(10(15)16-11)2-3-19-5-12/h4H,2-3,5-6H2,1H3,(H2,15,16)/t11-,12-/m0/s1. The molecule has 0 aromatic carbocycles. The van der Waals surface area contributed by atoms with E-state index < -0.39 is 20.1 Å². The van der Waals surface area contributed by atoms with Gasteiger partial charge in [0, 0.05) is 6.61 Å². The van der Waals surface area contributed by atoms with Crippen molar-refractivity contribution in [3.05, 3.63) is 19.8 Å². The molecule has 0 saturated carbocycles. The van der Waals surface area contributed by atoms with Gasteiger partial charge in [0.05, 0.1) is 26.0 Å². The molecule has 1 saturated heterocycles. The van der Waals surface area contributed by atoms with Crippen LogP contribution in [0.15, 0.2) is 14.8 Å². The van der Waals surface area contributed by atoms with E-state index in [0.29, 0.717) is 22.9 Å². The molecule has 3 rings (SSSR count). The largest absolute Gasteiger partial charge is 0.386 e. The summed E-state index contributed by atoms with van der Waals surface area (Å²) in [6.45, 7) is 2.23. The van der Waals surface area contributed by atoms with E-state index in [2.05, 4.69) is 20.9 Å². The van der Waals surface area contributed by atoms with E-state index in [1.165, 1.54) is 11.3 Å². The van der Waals surface area contributed by atoms with Gasteiger partial charge in [0.15, 0.2) is 14.6 Å². The lowest BCUT2D eigenvalue weighted by Gasteiger charge is -2.38. The van der Waals surface area contributed by atoms with Crippen molar-refractivity contribution in [3.8, 4) is 0 Å². The predicted octanol–water partition coefficient (Wildman–Crippen LogP) is 2.32. The van der Waals surface area contributed by atoms with Gasteiger partial charge in [0.2, 0.25) is 0 Å². The second kappa shape index (κ2) is 4.92. The lowest BCUT2D eigenvalue weighted by Crippen LogP contribution is -2.58. The lowest BCUT2D eigenvalue weighted by atomic mass is 10.0. The molecule has 1 aromatic heterocycles. The Morgan fingerprint density at radius 3 is 2.76 bits per heavy atom. The second-order valence-electron chi connectivity index (χ2n) is 5.55. The molecule has 0 unspecified atom stereocenters. The summed E-state index contributed by atoms with van der Waals surface area (Å²) in [5, 5.41) is 0.500. The minimum absolute atomic E-state index is 0.0859. The normalized spacial score (nSPS) is 35.1. The van der Waals surface area contributed by atoms with Crippen molar-refractivity contribution in [1.29, 1.82) is 0 Å². The van der Waals surface area contributed by atoms with E-state index in [-0.39, 0.29) is 18.2 Å². The van der Waals surface area contributed by atoms with Gasteiger partial charge >= 0.3 is 0 Å². The molecule has 1 aromatic rings. The monoisotopic (exact) mass is 412 g/mol. The molecule has 0 bridgehead atoms. The first-order chi connectivity index (χ1) is 9.70. The van der Waals surface area contributed by atoms with Crippen LogP contribution in [-0.4, -0.2) is 38.0 Å². The third-order valence-electron chi connectivity index (χ3n) is 4.03. The highest BCUT2D eigenvalue weighted by molar-refractivity contribution is 9.11. The molecule has 3 heterocycles. The van der Waals surface area contributed by atoms with Crippen LogP contribution in [0.4, 0.5) is 0 Å². The van der Waals surface area contributed by atoms with Crippen LogP contribution in [0.1, 0.15) is 18.2 Å². The smallest absolute Gasteiger partial charge is 0.168 e. The van der Waals surface area contributed by atoms with Gasteiger partial charge in [0.25, 0.3) is 0 Å². The summed E-state index contributed by atoms with van der Waals surface area (Å²) < 4.78 is 30.6. The van der Waals surface area contributed by atoms with Gasteiger partial charge in [-0.25, -0.2) is 8.42 Å². The second-order valence-corrected chi connectivity index (χ2v) is 10.7. The maximum absolute atomic E-state index is 12.8. The van der Waals surface area contributed by atoms with E-state index in [9.17, 15) is 8.42 Å². The summed E-state index contributed by atoms with van der Waals surface area (Å²) in [4.78, 5) is 5.23. The molecule has 0 amide bonds. The highest BCUT2D eigenvalue weighted by atomic mass is 79.9. The van der Waals surface area contributed by atoms with Crippen LogP contribution in [-0.2, 0) is 20.1 Å². The van der Waals surface area contributed by atoms with Crippen LogP contribution >= 0.6 is 38.9 Å². The van der Waals surface area contributed by atoms with Crippen LogP contribution in [0, 0.1) is 0 Å². The maximum atomic E-state index is 12.8. The molecular formula is C12H14BrClN2O3S2. The zero-order valence-corrected chi connectivity index (χ0v) is 15.2. The first-order valence-corrected chi connectivity index (χ1v) is 9.95. The number of hydrogen-bond donors (Lipinski definition) is 1. The Labute approximate surface area is 140 Å². The third-order valence-corrected chi connectivity index (χ3v) is 9.00. The fourth-order valence-corrected chi connectivity index (χ4v) is 7.43. The van der Waals surface area contributed by atoms with Crippen LogP contribution in [0.25, 0.3) is 0 Å². The molecule has 0 radical (unpaired) electrons. The first kappa shape index (κ1) is 15.7. The van der Waals surface area contributed by atoms with Crippen molar-refractivity contribution < 1.29 is 13.2 Å². The average molecular weight is 414 g/mol. The molecular weight excluding hydrogens is 400 g/mol. The number of hydrogen-bond acceptors (Lipinski definition) is 6. The van der Waals surface area contributed by atoms with E-state index in [1.54, 1.807) is 13.0 Å². The van der Waals surface area contributed by atoms with Crippen molar-refractivity contribution >= 4 is 54.5 Å². The molecule has 1 fully saturated rings. The van der Waals surface area contributed by atoms with Gasteiger partial charge in [0.1, 0.15) is 11.4 Å². The van der Waals surface area contributed by atoms with E-state index in [1.807, 2.05) is 0 Å². The van der Waals surface area contributed by atoms with Crippen molar-refractivity contribution in [1.82, 2.24) is 0 Å². The molecule has 0 aliphatic carbocycles. The van der Waals surface area contributed by atoms with Crippen LogP contribution in [0.2, 0.25) is 5.02 Å². The fourth-order valence-electron chi connectivity index (χ4n) is 2.89. The maximum Gasteiger partial charge on any atom is 0.168 e. The highest BCUT2D eigenvalue weighted by Gasteiger charge is 2.57. The number of nitrogens with zero attached hydrogens (tertiary/aromatic N) is 1. The number of amidine groups is 1. The van der Waals surface area contributed by atoms with Gasteiger partial charge in [-0.15, -0.1) is 11.3 Å². The van der Waals surface area contributed by atoms with Crippen molar-refractivity contribution in [2.75, 3.05) is 19.0 Å². The number of aliphatic imine (C=N–C) groups is 1. The van der Waals surface area contributed by atoms with Crippen LogP contribution < -0.4 is 5.73 Å². The Morgan fingerprint density at radius 2 is 2.29 bits per heavy atom. The van der Waals surface area contributed by atoms with E-state index in [0.717, 1.165) is 3.79 Å². The Hall–Kier alpha value is -0.150. The Kier molecular flexibility index (Phi) is 3.69. The van der Waals surface area contributed by atoms with Gasteiger partial charge < -0.3 is 10.5 Å². The minimum atomic E-state index is -3.48. The number of rotatable bonds is 1. The van der Waals surface area contributed by atoms with E-state index >= 15 is 0 Å². The molecule has 5 nitrogen and oxygen atoms in total. The number of halogens is 2. The van der Waals surface area contributed by atoms with E-state index in [4.69, 9.17) is 22.1 Å². The zero-order valence-electron chi connectivity index (χ0n) is 11.2. The Morgan fingerprint density at radius 1 is 1.57 bits per heavy atom. The molecule has 2 aliphatic rings. The van der Waals surface area contributed by atoms with Gasteiger partial charge in [-0.3, -0.25) is 4.99 Å². The van der Waals surface area contributed by atoms with Crippen LogP contribution in [0.3, 0.4) is 0 Å². The Balaban J connectivity index is 2.16. The van der Waals surface area contributed by atoms with Crippen molar-refractivity contribution in [2.45, 2.75) is 23.6 Å². The number of thiophene rings is 1. The highest BCUT2D eigenvalue weighted by Crippen LogP contribution is 2.46. The summed E-state index contributed by atoms with van der Waals surface area (Å²) in [6.07, 6.45) is 0.364. The molecule has 116 valence electrons. The van der Waals surface area contributed by atoms with Crippen molar-refractivity contribution in [3.63, 3.8) is 0 Å². The van der Waals surface area contributed by atoms with Crippen LogP contribution in [0.5, 0.6) is 0 Å². The lowest BCUT2D eigenvalue weighted by molar-refractivity contribution is 0.194. The minimum Gasteiger partial charge on any atom is -0.386 e. The van der Waals surface area contributed by atoms with Crippen molar-refractivity contribution in [2.24, 2.45) is 10.7 Å². The number of sulfone groups is 1. The first-order valence-electron chi connectivity index (χ1n) is 6.31. The molecule has 9 heteroatoms. The zero-order chi connectivity index (χ0) is 15.5. The summed E-state index contributed by atoms with van der Waals surface area (Å²) >= 11 is 11.0. The molecule has 2 atom stereocenters. The summed E-state index contributed by atoms with van der Waals surface area (Å²) in [5.41, 5.74) is 5.11. The predicted molar refractivity (Wildman–Crippen MR) is 88.0 cm³/mol. The van der Waals surface area contributed by atoms with Gasteiger partial charge in [-0.2, -0.15) is 0 Å². The SMILES string of the molecule is C[C@@]1(c2sc(Br)cc2Cl)CS(=O)(=O)[C@]2(CCOC2)C(N)=N1. The number of ether oxygens (including phenoxy) is 1. The quantitative estimate of drug-likeness (QED) is 0.766. The average Bonchev–Trinajstić information content (AvgIpc) is 2.94. The Bertz CT molecular complexity index is 725. The summed E-state index contributed by atoms with van der Waals surface area (Å²) in [6, 6.07) is 1.74. The molecule has 21 heavy (non-hydrogen) atoms. The number of nitrogens with two attached hydrogens (primary N) is 1. The van der Waals surface area contributed by atoms with Gasteiger partial charge in [-0.05, 0) is 35.3 Å². The van der Waals surface area contributed by atoms with Gasteiger partial charge in [-0.1, -0.05) is 11.6 Å². The summed E-state index contributed by atoms with van der Waals surface area (Å²) in [5.74, 6) is 0.0193. The summed E-state index contributed by atoms with van der Waals surface area (Å²) in [7, 11) is -3.48. The topological polar surface area (TPSA) is 81.8 Å². The molecule has 2 N–H and O–H groups in total. The third kappa shape index (κ3) is 2.26. The molecule has 1 spiro atoms.